The molecule has 0 bridgehead atoms. The molecule has 1 rings (SSSR count). The minimum atomic E-state index is -0.734. The number of rotatable bonds is 2. The lowest BCUT2D eigenvalue weighted by Gasteiger charge is -2.32. The van der Waals surface area contributed by atoms with Crippen molar-refractivity contribution in [2.75, 3.05) is 13.1 Å². The van der Waals surface area contributed by atoms with Crippen LogP contribution in [0.25, 0.3) is 0 Å². The number of nitrogens with zero attached hydrogens (tertiary/aromatic N) is 1. The summed E-state index contributed by atoms with van der Waals surface area (Å²) in [6.45, 7) is 8.72. The molecule has 0 aromatic carbocycles. The van der Waals surface area contributed by atoms with Crippen LogP contribution >= 0.6 is 0 Å². The van der Waals surface area contributed by atoms with E-state index < -0.39 is 11.2 Å². The van der Waals surface area contributed by atoms with Crippen LogP contribution in [-0.4, -0.2) is 40.4 Å². The van der Waals surface area contributed by atoms with E-state index in [1.54, 1.807) is 4.90 Å². The predicted molar refractivity (Wildman–Crippen MR) is 71.5 cm³/mol. The molecule has 0 radical (unpaired) electrons. The number of amides is 1. The SMILES string of the molecule is CCCC1(O)CCCCN(C(=O)OC(C)(C)C)C1. The van der Waals surface area contributed by atoms with Crippen LogP contribution in [-0.2, 0) is 4.74 Å². The fourth-order valence-corrected chi connectivity index (χ4v) is 2.42. The fraction of sp³-hybridized carbons (Fsp3) is 0.929. The molecule has 1 atom stereocenters. The second-order valence-corrected chi connectivity index (χ2v) is 6.33. The number of hydrogen-bond acceptors (Lipinski definition) is 3. The van der Waals surface area contributed by atoms with Crippen LogP contribution in [0.4, 0.5) is 4.79 Å². The molecule has 1 heterocycles. The maximum atomic E-state index is 12.1. The molecule has 0 aromatic heterocycles. The number of ether oxygens (including phenoxy) is 1. The van der Waals surface area contributed by atoms with E-state index in [0.717, 1.165) is 32.1 Å². The van der Waals surface area contributed by atoms with Gasteiger partial charge < -0.3 is 14.7 Å². The van der Waals surface area contributed by atoms with Gasteiger partial charge in [0.15, 0.2) is 0 Å². The Morgan fingerprint density at radius 2 is 2.06 bits per heavy atom. The molecule has 1 aliphatic rings. The Labute approximate surface area is 110 Å². The molecule has 1 amide bonds. The van der Waals surface area contributed by atoms with E-state index in [9.17, 15) is 9.90 Å². The van der Waals surface area contributed by atoms with Crippen LogP contribution in [0.2, 0.25) is 0 Å². The van der Waals surface area contributed by atoms with Gasteiger partial charge in [-0.3, -0.25) is 0 Å². The van der Waals surface area contributed by atoms with E-state index in [0.29, 0.717) is 13.1 Å². The largest absolute Gasteiger partial charge is 0.444 e. The molecule has 1 aliphatic heterocycles. The normalized spacial score (nSPS) is 25.7. The second kappa shape index (κ2) is 5.91. The Morgan fingerprint density at radius 1 is 1.39 bits per heavy atom. The van der Waals surface area contributed by atoms with Crippen LogP contribution in [0.15, 0.2) is 0 Å². The smallest absolute Gasteiger partial charge is 0.410 e. The summed E-state index contributed by atoms with van der Waals surface area (Å²) >= 11 is 0. The monoisotopic (exact) mass is 257 g/mol. The first-order chi connectivity index (χ1) is 8.26. The summed E-state index contributed by atoms with van der Waals surface area (Å²) in [5, 5.41) is 10.5. The Bertz CT molecular complexity index is 285. The summed E-state index contributed by atoms with van der Waals surface area (Å²) in [6.07, 6.45) is 4.05. The molecular weight excluding hydrogens is 230 g/mol. The van der Waals surface area contributed by atoms with Crippen LogP contribution in [0.3, 0.4) is 0 Å². The zero-order chi connectivity index (χ0) is 13.8. The van der Waals surface area contributed by atoms with Gasteiger partial charge in [-0.25, -0.2) is 4.79 Å². The average Bonchev–Trinajstić information content (AvgIpc) is 2.38. The molecule has 4 heteroatoms. The molecule has 4 nitrogen and oxygen atoms in total. The molecule has 18 heavy (non-hydrogen) atoms. The van der Waals surface area contributed by atoms with Gasteiger partial charge in [0.05, 0.1) is 12.1 Å². The molecule has 0 spiro atoms. The van der Waals surface area contributed by atoms with Crippen molar-refractivity contribution in [2.45, 2.75) is 71.0 Å². The molecule has 1 fully saturated rings. The van der Waals surface area contributed by atoms with Gasteiger partial charge in [0.1, 0.15) is 5.60 Å². The van der Waals surface area contributed by atoms with E-state index in [4.69, 9.17) is 4.74 Å². The number of β-amino-alcohol motifs (C(OH)–C–C–N with tert-alkyl or cyclic N) is 1. The van der Waals surface area contributed by atoms with Gasteiger partial charge in [0.25, 0.3) is 0 Å². The van der Waals surface area contributed by atoms with Gasteiger partial charge in [-0.1, -0.05) is 13.3 Å². The van der Waals surface area contributed by atoms with Crippen LogP contribution in [0, 0.1) is 0 Å². The number of hydrogen-bond donors (Lipinski definition) is 1. The maximum Gasteiger partial charge on any atom is 0.410 e. The lowest BCUT2D eigenvalue weighted by atomic mass is 9.93. The third-order valence-corrected chi connectivity index (χ3v) is 3.17. The number of carbonyl (C=O) groups excluding carboxylic acids is 1. The van der Waals surface area contributed by atoms with E-state index in [1.165, 1.54) is 0 Å². The number of aliphatic hydroxyl groups is 1. The standard InChI is InChI=1S/C14H27NO3/c1-5-8-14(17)9-6-7-10-15(11-14)12(16)18-13(2,3)4/h17H,5-11H2,1-4H3. The molecule has 1 saturated heterocycles. The maximum absolute atomic E-state index is 12.1. The third kappa shape index (κ3) is 4.84. The van der Waals surface area contributed by atoms with Crippen molar-refractivity contribution in [1.82, 2.24) is 4.90 Å². The Morgan fingerprint density at radius 3 is 2.61 bits per heavy atom. The van der Waals surface area contributed by atoms with Crippen molar-refractivity contribution in [3.8, 4) is 0 Å². The van der Waals surface area contributed by atoms with Crippen LogP contribution in [0.1, 0.15) is 59.8 Å². The first kappa shape index (κ1) is 15.3. The van der Waals surface area contributed by atoms with Gasteiger partial charge in [-0.15, -0.1) is 0 Å². The minimum absolute atomic E-state index is 0.307. The second-order valence-electron chi connectivity index (χ2n) is 6.33. The molecule has 0 saturated carbocycles. The summed E-state index contributed by atoms with van der Waals surface area (Å²) in [4.78, 5) is 13.7. The first-order valence-corrected chi connectivity index (χ1v) is 6.96. The number of carbonyl (C=O) groups is 1. The van der Waals surface area contributed by atoms with Crippen molar-refractivity contribution in [3.63, 3.8) is 0 Å². The van der Waals surface area contributed by atoms with Crippen molar-refractivity contribution >= 4 is 6.09 Å². The van der Waals surface area contributed by atoms with Gasteiger partial charge in [-0.05, 0) is 46.5 Å². The first-order valence-electron chi connectivity index (χ1n) is 6.96. The lowest BCUT2D eigenvalue weighted by Crippen LogP contribution is -2.46. The predicted octanol–water partition coefficient (Wildman–Crippen LogP) is 2.94. The van der Waals surface area contributed by atoms with Crippen molar-refractivity contribution in [3.05, 3.63) is 0 Å². The van der Waals surface area contributed by atoms with Crippen LogP contribution < -0.4 is 0 Å². The molecular formula is C14H27NO3. The fourth-order valence-electron chi connectivity index (χ4n) is 2.42. The summed E-state index contributed by atoms with van der Waals surface area (Å²) in [5.74, 6) is 0. The van der Waals surface area contributed by atoms with Gasteiger partial charge >= 0.3 is 6.09 Å². The van der Waals surface area contributed by atoms with E-state index >= 15 is 0 Å². The Hall–Kier alpha value is -0.770. The highest BCUT2D eigenvalue weighted by atomic mass is 16.6. The number of likely N-dealkylation sites (tertiary alicyclic amines) is 1. The lowest BCUT2D eigenvalue weighted by molar-refractivity contribution is -0.0189. The quantitative estimate of drug-likeness (QED) is 0.827. The topological polar surface area (TPSA) is 49.8 Å². The van der Waals surface area contributed by atoms with Crippen molar-refractivity contribution in [2.24, 2.45) is 0 Å². The molecule has 0 aliphatic carbocycles. The summed E-state index contributed by atoms with van der Waals surface area (Å²) in [7, 11) is 0. The zero-order valence-electron chi connectivity index (χ0n) is 12.2. The summed E-state index contributed by atoms with van der Waals surface area (Å²) < 4.78 is 5.38. The van der Waals surface area contributed by atoms with Gasteiger partial charge in [0.2, 0.25) is 0 Å². The van der Waals surface area contributed by atoms with Crippen LogP contribution in [0.5, 0.6) is 0 Å². The Kier molecular flexibility index (Phi) is 5.02. The average molecular weight is 257 g/mol. The third-order valence-electron chi connectivity index (χ3n) is 3.17. The highest BCUT2D eigenvalue weighted by molar-refractivity contribution is 5.68. The Balaban J connectivity index is 2.67. The minimum Gasteiger partial charge on any atom is -0.444 e. The summed E-state index contributed by atoms with van der Waals surface area (Å²) in [6, 6.07) is 0. The van der Waals surface area contributed by atoms with Crippen molar-refractivity contribution in [1.29, 1.82) is 0 Å². The summed E-state index contributed by atoms with van der Waals surface area (Å²) in [5.41, 5.74) is -1.21. The highest BCUT2D eigenvalue weighted by Crippen LogP contribution is 2.26. The molecule has 106 valence electrons. The van der Waals surface area contributed by atoms with Gasteiger partial charge in [-0.2, -0.15) is 0 Å². The zero-order valence-corrected chi connectivity index (χ0v) is 12.2. The van der Waals surface area contributed by atoms with E-state index in [2.05, 4.69) is 6.92 Å². The van der Waals surface area contributed by atoms with Crippen molar-refractivity contribution < 1.29 is 14.6 Å². The van der Waals surface area contributed by atoms with Gasteiger partial charge in [0, 0.05) is 6.54 Å². The molecule has 1 N–H and O–H groups in total. The van der Waals surface area contributed by atoms with E-state index in [-0.39, 0.29) is 6.09 Å². The highest BCUT2D eigenvalue weighted by Gasteiger charge is 2.34. The molecule has 1 unspecified atom stereocenters. The molecule has 0 aromatic rings. The van der Waals surface area contributed by atoms with E-state index in [1.807, 2.05) is 20.8 Å².